The highest BCUT2D eigenvalue weighted by Crippen LogP contribution is 2.60. The van der Waals surface area contributed by atoms with Crippen LogP contribution in [0.3, 0.4) is 0 Å². The van der Waals surface area contributed by atoms with Gasteiger partial charge in [-0.2, -0.15) is 0 Å². The van der Waals surface area contributed by atoms with Crippen molar-refractivity contribution in [3.63, 3.8) is 0 Å². The number of fused-ring (bicyclic) bond motifs is 1. The molecule has 1 aromatic carbocycles. The molecule has 1 saturated heterocycles. The lowest BCUT2D eigenvalue weighted by molar-refractivity contribution is -0.121. The summed E-state index contributed by atoms with van der Waals surface area (Å²) in [6.07, 6.45) is 8.54. The summed E-state index contributed by atoms with van der Waals surface area (Å²) < 4.78 is 17.2. The molecule has 2 unspecified atom stereocenters. The Morgan fingerprint density at radius 1 is 1.23 bits per heavy atom. The zero-order valence-corrected chi connectivity index (χ0v) is 17.4. The van der Waals surface area contributed by atoms with Crippen LogP contribution in [0, 0.1) is 11.8 Å². The first-order valence-electron chi connectivity index (χ1n) is 10.8. The molecule has 2 heterocycles. The van der Waals surface area contributed by atoms with E-state index < -0.39 is 5.67 Å². The number of imidazole rings is 1. The fourth-order valence-corrected chi connectivity index (χ4v) is 6.59. The summed E-state index contributed by atoms with van der Waals surface area (Å²) in [4.78, 5) is 23.8. The second-order valence-electron chi connectivity index (χ2n) is 9.92. The van der Waals surface area contributed by atoms with E-state index in [1.54, 1.807) is 18.3 Å². The van der Waals surface area contributed by atoms with Crippen LogP contribution in [0.2, 0.25) is 0 Å². The highest BCUT2D eigenvalue weighted by atomic mass is 19.1. The number of hydrogen-bond acceptors (Lipinski definition) is 3. The van der Waals surface area contributed by atoms with Crippen LogP contribution in [0.5, 0.6) is 0 Å². The minimum atomic E-state index is -1.06. The number of nitrogens with one attached hydrogen (secondary N) is 1. The van der Waals surface area contributed by atoms with E-state index >= 15 is 4.39 Å². The van der Waals surface area contributed by atoms with Gasteiger partial charge < -0.3 is 9.88 Å². The molecule has 1 aliphatic heterocycles. The van der Waals surface area contributed by atoms with Crippen LogP contribution < -0.4 is 5.32 Å². The van der Waals surface area contributed by atoms with E-state index in [1.165, 1.54) is 0 Å². The van der Waals surface area contributed by atoms with Gasteiger partial charge in [-0.05, 0) is 67.7 Å². The van der Waals surface area contributed by atoms with Crippen molar-refractivity contribution in [2.45, 2.75) is 49.7 Å². The normalized spacial score (nSPS) is 37.7. The van der Waals surface area contributed by atoms with E-state index in [2.05, 4.69) is 10.3 Å². The summed E-state index contributed by atoms with van der Waals surface area (Å²) in [5, 5.41) is 3.23. The summed E-state index contributed by atoms with van der Waals surface area (Å²) >= 11 is 0. The van der Waals surface area contributed by atoms with Gasteiger partial charge in [-0.25, -0.2) is 14.4 Å². The minimum absolute atomic E-state index is 0.112. The molecular formula is C23H26FN5O. The molecule has 30 heavy (non-hydrogen) atoms. The molecular weight excluding hydrogens is 381 g/mol. The average Bonchev–Trinajstić information content (AvgIpc) is 3.15. The van der Waals surface area contributed by atoms with Crippen LogP contribution in [-0.2, 0) is 11.8 Å². The fourth-order valence-electron chi connectivity index (χ4n) is 6.59. The second kappa shape index (κ2) is 5.93. The van der Waals surface area contributed by atoms with Crippen LogP contribution in [0.4, 0.5) is 4.39 Å². The highest BCUT2D eigenvalue weighted by molar-refractivity contribution is 6.15. The molecule has 5 fully saturated rings. The Bertz CT molecular complexity index is 1120. The number of aliphatic imine (C=N–C) groups is 1. The second-order valence-corrected chi connectivity index (χ2v) is 9.92. The molecule has 0 radical (unpaired) electrons. The van der Waals surface area contributed by atoms with E-state index in [4.69, 9.17) is 4.99 Å². The van der Waals surface area contributed by atoms with Gasteiger partial charge in [-0.1, -0.05) is 6.07 Å². The summed E-state index contributed by atoms with van der Waals surface area (Å²) in [7, 11) is 3.69. The molecule has 7 rings (SSSR count). The molecule has 1 N–H and O–H groups in total. The number of benzene rings is 1. The number of carbonyl (C=O) groups excluding carboxylic acids is 1. The van der Waals surface area contributed by atoms with Crippen LogP contribution in [0.25, 0.3) is 17.1 Å². The molecule has 2 atom stereocenters. The Kier molecular flexibility index (Phi) is 3.58. The first-order chi connectivity index (χ1) is 14.3. The van der Waals surface area contributed by atoms with Crippen molar-refractivity contribution in [3.05, 3.63) is 35.8 Å². The summed E-state index contributed by atoms with van der Waals surface area (Å²) in [6, 6.07) is 5.93. The average molecular weight is 407 g/mol. The van der Waals surface area contributed by atoms with Gasteiger partial charge in [0.15, 0.2) is 0 Å². The Hall–Kier alpha value is -2.70. The van der Waals surface area contributed by atoms with Gasteiger partial charge in [0.05, 0.1) is 22.9 Å². The standard InChI is InChI=1S/C23H26FN5O/c1-28-13-25-17-4-3-14(7-19(17)28)6-18-20(30)29(2)21(26-18)27-23-10-15-5-16(11-23)9-22(24,8-15)12-23/h3-4,6-7,13,15-16H,5,8-12H2,1-2H3,(H,26,27)/b18-6-. The molecule has 1 amide bonds. The number of aromatic nitrogens is 2. The van der Waals surface area contributed by atoms with Crippen molar-refractivity contribution in [2.24, 2.45) is 23.9 Å². The summed E-state index contributed by atoms with van der Waals surface area (Å²) in [5.41, 5.74) is 1.93. The molecule has 4 saturated carbocycles. The van der Waals surface area contributed by atoms with Crippen molar-refractivity contribution in [1.29, 1.82) is 0 Å². The van der Waals surface area contributed by atoms with Crippen molar-refractivity contribution < 1.29 is 9.18 Å². The van der Waals surface area contributed by atoms with E-state index in [1.807, 2.05) is 35.9 Å². The molecule has 7 heteroatoms. The van der Waals surface area contributed by atoms with Gasteiger partial charge in [0.2, 0.25) is 5.96 Å². The number of alkyl halides is 1. The predicted molar refractivity (Wildman–Crippen MR) is 113 cm³/mol. The maximum absolute atomic E-state index is 15.3. The van der Waals surface area contributed by atoms with E-state index in [0.717, 1.165) is 35.9 Å². The number of nitrogens with zero attached hydrogens (tertiary/aromatic N) is 4. The Labute approximate surface area is 174 Å². The van der Waals surface area contributed by atoms with Gasteiger partial charge in [-0.3, -0.25) is 9.69 Å². The number of hydrogen-bond donors (Lipinski definition) is 1. The van der Waals surface area contributed by atoms with Crippen LogP contribution >= 0.6 is 0 Å². The molecule has 0 spiro atoms. The van der Waals surface area contributed by atoms with Crippen LogP contribution in [0.15, 0.2) is 35.2 Å². The third kappa shape index (κ3) is 2.71. The first kappa shape index (κ1) is 18.1. The maximum Gasteiger partial charge on any atom is 0.276 e. The number of carbonyl (C=O) groups is 1. The number of rotatable bonds is 2. The SMILES string of the molecule is CN1C(=O)/C(=C/c2ccc3ncn(C)c3c2)NC1=NC12CC3CC(CC(F)(C3)C1)C2. The molecule has 5 aliphatic rings. The van der Waals surface area contributed by atoms with Crippen molar-refractivity contribution >= 4 is 29.0 Å². The highest BCUT2D eigenvalue weighted by Gasteiger charge is 2.59. The number of halogens is 1. The quantitative estimate of drug-likeness (QED) is 0.777. The third-order valence-electron chi connectivity index (χ3n) is 7.46. The van der Waals surface area contributed by atoms with Crippen LogP contribution in [0.1, 0.15) is 44.1 Å². The Balaban J connectivity index is 1.32. The van der Waals surface area contributed by atoms with Gasteiger partial charge in [0.1, 0.15) is 11.4 Å². The molecule has 4 bridgehead atoms. The van der Waals surface area contributed by atoms with E-state index in [0.29, 0.717) is 42.8 Å². The monoisotopic (exact) mass is 407 g/mol. The third-order valence-corrected chi connectivity index (χ3v) is 7.46. The van der Waals surface area contributed by atoms with Gasteiger partial charge >= 0.3 is 0 Å². The predicted octanol–water partition coefficient (Wildman–Crippen LogP) is 3.39. The topological polar surface area (TPSA) is 62.5 Å². The lowest BCUT2D eigenvalue weighted by atomic mass is 9.52. The molecule has 1 aromatic heterocycles. The molecule has 2 aromatic rings. The van der Waals surface area contributed by atoms with Gasteiger partial charge in [0.25, 0.3) is 5.91 Å². The number of aryl methyl sites for hydroxylation is 1. The lowest BCUT2D eigenvalue weighted by Crippen LogP contribution is -2.57. The lowest BCUT2D eigenvalue weighted by Gasteiger charge is -2.57. The summed E-state index contributed by atoms with van der Waals surface area (Å²) in [6.45, 7) is 0. The Morgan fingerprint density at radius 3 is 2.73 bits per heavy atom. The molecule has 4 aliphatic carbocycles. The zero-order chi connectivity index (χ0) is 20.7. The largest absolute Gasteiger partial charge is 0.334 e. The number of guanidine groups is 1. The molecule has 156 valence electrons. The van der Waals surface area contributed by atoms with Gasteiger partial charge in [0, 0.05) is 20.5 Å². The molecule has 6 nitrogen and oxygen atoms in total. The van der Waals surface area contributed by atoms with E-state index in [-0.39, 0.29) is 11.4 Å². The van der Waals surface area contributed by atoms with Gasteiger partial charge in [-0.15, -0.1) is 0 Å². The fraction of sp³-hybridized carbons (Fsp3) is 0.522. The summed E-state index contributed by atoms with van der Waals surface area (Å²) in [5.74, 6) is 1.31. The number of likely N-dealkylation sites (N-methyl/N-ethyl adjacent to an activating group) is 1. The van der Waals surface area contributed by atoms with Crippen molar-refractivity contribution in [2.75, 3.05) is 7.05 Å². The van der Waals surface area contributed by atoms with E-state index in [9.17, 15) is 4.79 Å². The van der Waals surface area contributed by atoms with Crippen molar-refractivity contribution in [3.8, 4) is 0 Å². The Morgan fingerprint density at radius 2 is 2.00 bits per heavy atom. The number of amides is 1. The van der Waals surface area contributed by atoms with Crippen molar-refractivity contribution in [1.82, 2.24) is 19.8 Å². The zero-order valence-electron chi connectivity index (χ0n) is 17.4. The minimum Gasteiger partial charge on any atom is -0.334 e. The maximum atomic E-state index is 15.3. The van der Waals surface area contributed by atoms with Crippen LogP contribution in [-0.4, -0.2) is 44.6 Å². The first-order valence-corrected chi connectivity index (χ1v) is 10.8. The smallest absolute Gasteiger partial charge is 0.276 e.